The van der Waals surface area contributed by atoms with E-state index in [0.29, 0.717) is 11.8 Å². The van der Waals surface area contributed by atoms with Gasteiger partial charge in [-0.05, 0) is 25.6 Å². The van der Waals surface area contributed by atoms with Crippen molar-refractivity contribution in [2.45, 2.75) is 19.8 Å². The summed E-state index contributed by atoms with van der Waals surface area (Å²) in [7, 11) is 1.91. The first kappa shape index (κ1) is 11.3. The third kappa shape index (κ3) is 2.48. The van der Waals surface area contributed by atoms with Crippen molar-refractivity contribution in [2.24, 2.45) is 0 Å². The number of rotatable bonds is 5. The number of nitrogens with one attached hydrogen (secondary N) is 1. The lowest BCUT2D eigenvalue weighted by molar-refractivity contribution is 0.501. The average molecular weight is 237 g/mol. The molecule has 2 aromatic heterocycles. The topological polar surface area (TPSA) is 51.0 Å². The lowest BCUT2D eigenvalue weighted by Crippen LogP contribution is -2.10. The highest BCUT2D eigenvalue weighted by atomic mass is 32.1. The molecule has 0 aliphatic rings. The zero-order valence-corrected chi connectivity index (χ0v) is 10.3. The normalized spacial score (nSPS) is 10.9. The summed E-state index contributed by atoms with van der Waals surface area (Å²) in [6.45, 7) is 2.99. The zero-order chi connectivity index (χ0) is 11.4. The molecule has 0 amide bonds. The van der Waals surface area contributed by atoms with E-state index in [4.69, 9.17) is 4.42 Å². The molecule has 16 heavy (non-hydrogen) atoms. The number of aryl methyl sites for hydroxylation is 1. The highest BCUT2D eigenvalue weighted by molar-refractivity contribution is 7.15. The second kappa shape index (κ2) is 5.23. The van der Waals surface area contributed by atoms with E-state index in [2.05, 4.69) is 28.5 Å². The minimum absolute atomic E-state index is 0.635. The molecule has 5 heteroatoms. The minimum atomic E-state index is 0.635. The van der Waals surface area contributed by atoms with E-state index in [1.54, 1.807) is 11.3 Å². The number of aromatic nitrogens is 2. The van der Waals surface area contributed by atoms with Gasteiger partial charge < -0.3 is 9.73 Å². The molecule has 0 aromatic carbocycles. The number of hydrogen-bond acceptors (Lipinski definition) is 5. The number of nitrogens with zero attached hydrogens (tertiary/aromatic N) is 2. The predicted octanol–water partition coefficient (Wildman–Crippen LogP) is 2.12. The van der Waals surface area contributed by atoms with Gasteiger partial charge in [-0.15, -0.1) is 21.5 Å². The Hall–Kier alpha value is -1.20. The molecular formula is C11H15N3OS. The molecule has 0 radical (unpaired) electrons. The largest absolute Gasteiger partial charge is 0.420 e. The Morgan fingerprint density at radius 2 is 2.25 bits per heavy atom. The summed E-state index contributed by atoms with van der Waals surface area (Å²) >= 11 is 1.71. The van der Waals surface area contributed by atoms with Crippen LogP contribution in [0.1, 0.15) is 17.7 Å². The first-order chi connectivity index (χ1) is 7.83. The van der Waals surface area contributed by atoms with Crippen LogP contribution in [0, 0.1) is 0 Å². The summed E-state index contributed by atoms with van der Waals surface area (Å²) in [6.07, 6.45) is 1.82. The lowest BCUT2D eigenvalue weighted by Gasteiger charge is -1.91. The van der Waals surface area contributed by atoms with Gasteiger partial charge in [-0.2, -0.15) is 0 Å². The fourth-order valence-electron chi connectivity index (χ4n) is 1.37. The molecule has 0 unspecified atom stereocenters. The van der Waals surface area contributed by atoms with Gasteiger partial charge >= 0.3 is 0 Å². The van der Waals surface area contributed by atoms with E-state index in [0.717, 1.165) is 24.3 Å². The highest BCUT2D eigenvalue weighted by Gasteiger charge is 2.10. The molecule has 1 N–H and O–H groups in total. The maximum absolute atomic E-state index is 5.58. The van der Waals surface area contributed by atoms with Crippen molar-refractivity contribution < 1.29 is 4.42 Å². The van der Waals surface area contributed by atoms with Crippen molar-refractivity contribution in [1.82, 2.24) is 15.5 Å². The van der Waals surface area contributed by atoms with Crippen LogP contribution < -0.4 is 5.32 Å². The van der Waals surface area contributed by atoms with E-state index in [9.17, 15) is 0 Å². The van der Waals surface area contributed by atoms with Gasteiger partial charge in [0.2, 0.25) is 5.89 Å². The lowest BCUT2D eigenvalue weighted by atomic mass is 10.4. The van der Waals surface area contributed by atoms with Gasteiger partial charge in [0.1, 0.15) is 0 Å². The highest BCUT2D eigenvalue weighted by Crippen LogP contribution is 2.27. The Labute approximate surface area is 98.7 Å². The molecular weight excluding hydrogens is 222 g/mol. The molecule has 0 saturated carbocycles. The quantitative estimate of drug-likeness (QED) is 0.865. The first-order valence-corrected chi connectivity index (χ1v) is 6.21. The van der Waals surface area contributed by atoms with E-state index < -0.39 is 0 Å². The van der Waals surface area contributed by atoms with Gasteiger partial charge in [-0.25, -0.2) is 0 Å². The van der Waals surface area contributed by atoms with Crippen LogP contribution >= 0.6 is 11.3 Å². The number of likely N-dealkylation sites (N-methyl/N-ethyl adjacent to an activating group) is 1. The molecule has 0 saturated heterocycles. The van der Waals surface area contributed by atoms with E-state index in [1.807, 2.05) is 13.1 Å². The summed E-state index contributed by atoms with van der Waals surface area (Å²) in [6, 6.07) is 4.15. The molecule has 0 bridgehead atoms. The Bertz CT molecular complexity index is 450. The van der Waals surface area contributed by atoms with Gasteiger partial charge in [-0.1, -0.05) is 6.92 Å². The molecule has 2 heterocycles. The predicted molar refractivity (Wildman–Crippen MR) is 64.6 cm³/mol. The van der Waals surface area contributed by atoms with Crippen LogP contribution in [0.2, 0.25) is 0 Å². The van der Waals surface area contributed by atoms with E-state index in [-0.39, 0.29) is 0 Å². The Morgan fingerprint density at radius 1 is 1.38 bits per heavy atom. The summed E-state index contributed by atoms with van der Waals surface area (Å²) in [5.74, 6) is 1.33. The Morgan fingerprint density at radius 3 is 2.94 bits per heavy atom. The van der Waals surface area contributed by atoms with E-state index in [1.165, 1.54) is 4.88 Å². The molecule has 4 nitrogen and oxygen atoms in total. The van der Waals surface area contributed by atoms with Crippen LogP contribution in [0.15, 0.2) is 16.5 Å². The number of hydrogen-bond donors (Lipinski definition) is 1. The van der Waals surface area contributed by atoms with Crippen LogP contribution in [0.3, 0.4) is 0 Å². The zero-order valence-electron chi connectivity index (χ0n) is 9.49. The van der Waals surface area contributed by atoms with Crippen molar-refractivity contribution in [3.63, 3.8) is 0 Å². The van der Waals surface area contributed by atoms with Crippen LogP contribution in [0.4, 0.5) is 0 Å². The van der Waals surface area contributed by atoms with Gasteiger partial charge in [0.15, 0.2) is 0 Å². The standard InChI is InChI=1S/C11H15N3OS/c1-3-8-4-5-9(16-8)11-14-13-10(15-11)6-7-12-2/h4-5,12H,3,6-7H2,1-2H3. The van der Waals surface area contributed by atoms with Gasteiger partial charge in [-0.3, -0.25) is 0 Å². The summed E-state index contributed by atoms with van der Waals surface area (Å²) in [5.41, 5.74) is 0. The molecule has 2 rings (SSSR count). The third-order valence-corrected chi connectivity index (χ3v) is 3.49. The molecule has 0 aliphatic carbocycles. The van der Waals surface area contributed by atoms with Crippen LogP contribution in [-0.4, -0.2) is 23.8 Å². The summed E-state index contributed by atoms with van der Waals surface area (Å²) in [5, 5.41) is 11.1. The maximum atomic E-state index is 5.58. The van der Waals surface area contributed by atoms with Crippen LogP contribution in [0.25, 0.3) is 10.8 Å². The number of thiophene rings is 1. The molecule has 0 fully saturated rings. The van der Waals surface area contributed by atoms with Crippen molar-refractivity contribution in [3.05, 3.63) is 22.9 Å². The van der Waals surface area contributed by atoms with Crippen LogP contribution in [0.5, 0.6) is 0 Å². The van der Waals surface area contributed by atoms with Crippen molar-refractivity contribution in [1.29, 1.82) is 0 Å². The summed E-state index contributed by atoms with van der Waals surface area (Å²) < 4.78 is 5.58. The second-order valence-electron chi connectivity index (χ2n) is 3.47. The Kier molecular flexibility index (Phi) is 3.69. The minimum Gasteiger partial charge on any atom is -0.420 e. The molecule has 86 valence electrons. The monoisotopic (exact) mass is 237 g/mol. The van der Waals surface area contributed by atoms with Crippen molar-refractivity contribution >= 4 is 11.3 Å². The fourth-order valence-corrected chi connectivity index (χ4v) is 2.24. The second-order valence-corrected chi connectivity index (χ2v) is 4.64. The van der Waals surface area contributed by atoms with E-state index >= 15 is 0 Å². The molecule has 0 aliphatic heterocycles. The van der Waals surface area contributed by atoms with Crippen molar-refractivity contribution in [3.8, 4) is 10.8 Å². The fraction of sp³-hybridized carbons (Fsp3) is 0.455. The van der Waals surface area contributed by atoms with Gasteiger partial charge in [0, 0.05) is 17.8 Å². The summed E-state index contributed by atoms with van der Waals surface area (Å²) in [4.78, 5) is 2.39. The van der Waals surface area contributed by atoms with Crippen molar-refractivity contribution in [2.75, 3.05) is 13.6 Å². The molecule has 0 spiro atoms. The molecule has 0 atom stereocenters. The average Bonchev–Trinajstić information content (AvgIpc) is 2.94. The first-order valence-electron chi connectivity index (χ1n) is 5.39. The van der Waals surface area contributed by atoms with Gasteiger partial charge in [0.25, 0.3) is 5.89 Å². The third-order valence-electron chi connectivity index (χ3n) is 2.28. The Balaban J connectivity index is 2.11. The van der Waals surface area contributed by atoms with Crippen LogP contribution in [-0.2, 0) is 12.8 Å². The molecule has 2 aromatic rings. The maximum Gasteiger partial charge on any atom is 0.257 e. The van der Waals surface area contributed by atoms with Gasteiger partial charge in [0.05, 0.1) is 4.88 Å². The SMILES string of the molecule is CCc1ccc(-c2nnc(CCNC)o2)s1. The smallest absolute Gasteiger partial charge is 0.257 e.